The number of carboxylic acids is 1. The molecule has 67 heavy (non-hydrogen) atoms. The number of rotatable bonds is 35. The van der Waals surface area contributed by atoms with E-state index in [-0.39, 0.29) is 80.5 Å². The predicted octanol–water partition coefficient (Wildman–Crippen LogP) is 2.33. The lowest BCUT2D eigenvalue weighted by atomic mass is 9.97. The molecule has 388 valence electrons. The van der Waals surface area contributed by atoms with Gasteiger partial charge >= 0.3 is 5.97 Å². The van der Waals surface area contributed by atoms with Gasteiger partial charge in [-0.2, -0.15) is 0 Å². The number of carbonyl (C=O) groups is 8. The van der Waals surface area contributed by atoms with Crippen LogP contribution in [0.5, 0.6) is 0 Å². The highest BCUT2D eigenvalue weighted by Gasteiger charge is 2.35. The van der Waals surface area contributed by atoms with Gasteiger partial charge in [0, 0.05) is 0 Å². The van der Waals surface area contributed by atoms with Crippen molar-refractivity contribution in [2.24, 2.45) is 52.7 Å². The summed E-state index contributed by atoms with van der Waals surface area (Å²) < 4.78 is 0. The summed E-state index contributed by atoms with van der Waals surface area (Å²) in [5, 5.41) is 29.1. The first-order chi connectivity index (χ1) is 31.2. The summed E-state index contributed by atoms with van der Waals surface area (Å²) in [6.07, 6.45) is 4.32. The van der Waals surface area contributed by atoms with Crippen molar-refractivity contribution >= 4 is 47.3 Å². The van der Waals surface area contributed by atoms with Crippen molar-refractivity contribution in [3.05, 3.63) is 0 Å². The summed E-state index contributed by atoms with van der Waals surface area (Å²) >= 11 is 0. The van der Waals surface area contributed by atoms with Gasteiger partial charge in [0.2, 0.25) is 41.4 Å². The summed E-state index contributed by atoms with van der Waals surface area (Å²) in [7, 11) is 0. The van der Waals surface area contributed by atoms with E-state index >= 15 is 0 Å². The van der Waals surface area contributed by atoms with Gasteiger partial charge in [0.1, 0.15) is 42.3 Å². The van der Waals surface area contributed by atoms with E-state index in [0.29, 0.717) is 45.2 Å². The number of carboxylic acid groups (broad SMARTS) is 1. The van der Waals surface area contributed by atoms with Gasteiger partial charge < -0.3 is 59.5 Å². The summed E-state index contributed by atoms with van der Waals surface area (Å²) in [5.74, 6) is -5.84. The highest BCUT2D eigenvalue weighted by Crippen LogP contribution is 2.15. The molecule has 8 atom stereocenters. The van der Waals surface area contributed by atoms with E-state index in [4.69, 9.17) is 17.2 Å². The second-order valence-corrected chi connectivity index (χ2v) is 20.7. The number of amides is 7. The molecule has 0 aliphatic rings. The Bertz CT molecular complexity index is 1540. The minimum atomic E-state index is -1.19. The summed E-state index contributed by atoms with van der Waals surface area (Å²) in [6, 6.07) is -8.53. The fraction of sp³-hybridized carbons (Fsp3) is 0.833. The van der Waals surface area contributed by atoms with E-state index < -0.39 is 95.7 Å². The Morgan fingerprint density at radius 1 is 0.343 bits per heavy atom. The smallest absolute Gasteiger partial charge is 0.326 e. The van der Waals surface area contributed by atoms with Gasteiger partial charge in [-0.3, -0.25) is 33.6 Å². The van der Waals surface area contributed by atoms with Gasteiger partial charge in [-0.05, 0) is 119 Å². The van der Waals surface area contributed by atoms with E-state index in [1.807, 2.05) is 83.1 Å². The molecule has 0 aromatic heterocycles. The lowest BCUT2D eigenvalue weighted by molar-refractivity contribution is -0.143. The number of carbonyl (C=O) groups excluding carboxylic acids is 7. The summed E-state index contributed by atoms with van der Waals surface area (Å²) in [6.45, 7) is 23.3. The molecule has 7 amide bonds. The highest BCUT2D eigenvalue weighted by molar-refractivity contribution is 5.97. The van der Waals surface area contributed by atoms with Crippen LogP contribution >= 0.6 is 0 Å². The molecule has 19 heteroatoms. The van der Waals surface area contributed by atoms with E-state index in [9.17, 15) is 43.5 Å². The first-order valence-electron chi connectivity index (χ1n) is 24.7. The third-order valence-electron chi connectivity index (χ3n) is 10.9. The highest BCUT2D eigenvalue weighted by atomic mass is 16.4. The van der Waals surface area contributed by atoms with Crippen LogP contribution < -0.4 is 54.4 Å². The minimum Gasteiger partial charge on any atom is -0.480 e. The maximum atomic E-state index is 14.2. The predicted molar refractivity (Wildman–Crippen MR) is 262 cm³/mol. The van der Waals surface area contributed by atoms with Crippen molar-refractivity contribution in [1.29, 1.82) is 0 Å². The molecule has 0 aliphatic carbocycles. The van der Waals surface area contributed by atoms with Crippen LogP contribution in [0.3, 0.4) is 0 Å². The van der Waals surface area contributed by atoms with Gasteiger partial charge in [0.15, 0.2) is 0 Å². The largest absolute Gasteiger partial charge is 0.480 e. The van der Waals surface area contributed by atoms with Crippen LogP contribution in [-0.4, -0.2) is 114 Å². The first-order valence-corrected chi connectivity index (χ1v) is 24.7. The van der Waals surface area contributed by atoms with E-state index in [2.05, 4.69) is 37.2 Å². The summed E-state index contributed by atoms with van der Waals surface area (Å²) in [4.78, 5) is 109. The van der Waals surface area contributed by atoms with Gasteiger partial charge in [-0.25, -0.2) is 4.79 Å². The molecular weight excluding hydrogens is 861 g/mol. The Morgan fingerprint density at radius 3 is 0.821 bits per heavy atom. The van der Waals surface area contributed by atoms with Gasteiger partial charge in [-0.1, -0.05) is 89.5 Å². The van der Waals surface area contributed by atoms with Crippen LogP contribution in [0.15, 0.2) is 0 Å². The van der Waals surface area contributed by atoms with E-state index in [1.165, 1.54) is 0 Å². The van der Waals surface area contributed by atoms with Gasteiger partial charge in [0.05, 0.1) is 6.04 Å². The molecule has 0 spiro atoms. The van der Waals surface area contributed by atoms with Crippen LogP contribution in [0.25, 0.3) is 0 Å². The average Bonchev–Trinajstić information content (AvgIpc) is 3.20. The zero-order valence-corrected chi connectivity index (χ0v) is 42.9. The Morgan fingerprint density at radius 2 is 0.567 bits per heavy atom. The Kier molecular flexibility index (Phi) is 31.0. The van der Waals surface area contributed by atoms with Crippen LogP contribution in [0, 0.1) is 35.5 Å². The molecule has 14 N–H and O–H groups in total. The Labute approximate surface area is 401 Å². The molecule has 0 heterocycles. The van der Waals surface area contributed by atoms with Crippen molar-refractivity contribution in [2.45, 2.75) is 208 Å². The normalized spacial score (nSPS) is 15.3. The van der Waals surface area contributed by atoms with E-state index in [1.54, 1.807) is 0 Å². The van der Waals surface area contributed by atoms with Crippen molar-refractivity contribution in [2.75, 3.05) is 13.1 Å². The third-order valence-corrected chi connectivity index (χ3v) is 10.9. The molecule has 0 fully saturated rings. The molecule has 0 aromatic rings. The van der Waals surface area contributed by atoms with Crippen LogP contribution in [0.4, 0.5) is 0 Å². The number of hydrogen-bond acceptors (Lipinski definition) is 11. The first kappa shape index (κ1) is 62.6. The molecule has 19 nitrogen and oxygen atoms in total. The van der Waals surface area contributed by atoms with Crippen molar-refractivity contribution in [3.63, 3.8) is 0 Å². The summed E-state index contributed by atoms with van der Waals surface area (Å²) in [5.41, 5.74) is 17.4. The number of unbranched alkanes of at least 4 members (excludes halogenated alkanes) is 2. The van der Waals surface area contributed by atoms with Gasteiger partial charge in [-0.15, -0.1) is 0 Å². The lowest BCUT2D eigenvalue weighted by Crippen LogP contribution is -2.60. The second kappa shape index (κ2) is 33.2. The van der Waals surface area contributed by atoms with Crippen LogP contribution in [0.2, 0.25) is 0 Å². The number of aliphatic carboxylic acids is 1. The van der Waals surface area contributed by atoms with Crippen molar-refractivity contribution in [3.8, 4) is 0 Å². The maximum Gasteiger partial charge on any atom is 0.326 e. The van der Waals surface area contributed by atoms with Crippen molar-refractivity contribution < 1.29 is 43.5 Å². The van der Waals surface area contributed by atoms with Crippen LogP contribution in [-0.2, 0) is 38.4 Å². The van der Waals surface area contributed by atoms with E-state index in [0.717, 1.165) is 0 Å². The van der Waals surface area contributed by atoms with Crippen molar-refractivity contribution in [1.82, 2.24) is 37.2 Å². The molecule has 0 bridgehead atoms. The lowest BCUT2D eigenvalue weighted by Gasteiger charge is -2.29. The Balaban J connectivity index is 6.53. The average molecular weight is 953 g/mol. The standard InChI is InChI=1S/C48H92N10O9/c1-27(2)21-35(53-42(60)34(18-14-16-20-50)52-41(59)33(51)17-13-15-19-49)43(61)54-36(22-28(3)4)44(62)55-37(23-29(5)6)45(63)56-38(24-30(7)8)46(64)57-39(25-31(9)10)47(65)58-40(48(66)67)26-32(11)12/h27-40H,13-26,49-51H2,1-12H3,(H,52,59)(H,53,60)(H,54,61)(H,55,62)(H,56,63)(H,57,64)(H,58,65)(H,66,67)/t33-,34-,35-,36-,37-,38-,39-,40-/m0/s1. The third kappa shape index (κ3) is 27.3. The zero-order valence-electron chi connectivity index (χ0n) is 42.9. The molecular formula is C48H92N10O9. The second-order valence-electron chi connectivity index (χ2n) is 20.7. The zero-order chi connectivity index (χ0) is 51.6. The molecule has 0 unspecified atom stereocenters. The molecule has 0 radical (unpaired) electrons. The molecule has 0 saturated heterocycles. The Hall–Kier alpha value is -4.36. The molecule has 0 aromatic carbocycles. The monoisotopic (exact) mass is 953 g/mol. The fourth-order valence-electron chi connectivity index (χ4n) is 7.52. The fourth-order valence-corrected chi connectivity index (χ4v) is 7.52. The van der Waals surface area contributed by atoms with Gasteiger partial charge in [0.25, 0.3) is 0 Å². The number of hydrogen-bond donors (Lipinski definition) is 11. The maximum absolute atomic E-state index is 14.2. The quantitative estimate of drug-likeness (QED) is 0.0408. The SMILES string of the molecule is CC(C)C[C@H](NC(=O)[C@H](CC(C)C)NC(=O)[C@H](CC(C)C)NC(=O)[C@H](CC(C)C)NC(=O)[C@H](CC(C)C)NC(=O)[C@H](CC(C)C)NC(=O)[C@H](CCCCN)NC(=O)[C@@H](N)CCCCN)C(=O)O. The minimum absolute atomic E-state index is 0.0185. The molecule has 0 saturated carbocycles. The van der Waals surface area contributed by atoms with Crippen LogP contribution in [0.1, 0.15) is 160 Å². The topological polar surface area (TPSA) is 319 Å². The molecule has 0 rings (SSSR count). The molecule has 0 aliphatic heterocycles. The number of nitrogens with one attached hydrogen (secondary N) is 7. The number of nitrogens with two attached hydrogens (primary N) is 3.